The van der Waals surface area contributed by atoms with Crippen LogP contribution in [0.3, 0.4) is 0 Å². The number of para-hydroxylation sites is 1. The second kappa shape index (κ2) is 6.89. The molecule has 1 amide bonds. The van der Waals surface area contributed by atoms with Crippen LogP contribution in [-0.4, -0.2) is 15.9 Å². The second-order valence-electron chi connectivity index (χ2n) is 5.37. The van der Waals surface area contributed by atoms with Gasteiger partial charge in [-0.3, -0.25) is 9.78 Å². The van der Waals surface area contributed by atoms with E-state index in [2.05, 4.69) is 39.0 Å². The Hall–Kier alpha value is -2.32. The van der Waals surface area contributed by atoms with Crippen molar-refractivity contribution in [1.29, 1.82) is 0 Å². The third-order valence-electron chi connectivity index (χ3n) is 3.68. The van der Waals surface area contributed by atoms with E-state index in [1.807, 2.05) is 36.4 Å². The van der Waals surface area contributed by atoms with Crippen LogP contribution in [0.1, 0.15) is 10.4 Å². The normalized spacial score (nSPS) is 10.8. The Labute approximate surface area is 162 Å². The minimum atomic E-state index is -0.184. The molecule has 1 N–H and O–H groups in total. The number of amides is 1. The number of pyridine rings is 1. The van der Waals surface area contributed by atoms with Gasteiger partial charge >= 0.3 is 0 Å². The van der Waals surface area contributed by atoms with Crippen molar-refractivity contribution in [2.24, 2.45) is 0 Å². The molecule has 0 aliphatic carbocycles. The topological polar surface area (TPSA) is 54.9 Å². The van der Waals surface area contributed by atoms with Crippen molar-refractivity contribution in [2.75, 3.05) is 5.32 Å². The molecule has 4 nitrogen and oxygen atoms in total. The Morgan fingerprint density at radius 3 is 2.76 bits per heavy atom. The third-order valence-corrected chi connectivity index (χ3v) is 5.42. The highest BCUT2D eigenvalue weighted by atomic mass is 127. The van der Waals surface area contributed by atoms with Gasteiger partial charge in [-0.1, -0.05) is 12.1 Å². The van der Waals surface area contributed by atoms with Crippen LogP contribution in [0.4, 0.5) is 5.69 Å². The summed E-state index contributed by atoms with van der Waals surface area (Å²) >= 11 is 3.88. The first kappa shape index (κ1) is 16.2. The molecule has 0 radical (unpaired) electrons. The summed E-state index contributed by atoms with van der Waals surface area (Å²) in [4.78, 5) is 21.2. The summed E-state index contributed by atoms with van der Waals surface area (Å²) in [6.07, 6.45) is 3.20. The molecule has 6 heteroatoms. The maximum Gasteiger partial charge on any atom is 0.257 e. The Kier molecular flexibility index (Phi) is 4.46. The van der Waals surface area contributed by atoms with Gasteiger partial charge in [-0.25, -0.2) is 4.98 Å². The van der Waals surface area contributed by atoms with E-state index in [-0.39, 0.29) is 5.91 Å². The van der Waals surface area contributed by atoms with Crippen LogP contribution in [0.2, 0.25) is 0 Å². The highest BCUT2D eigenvalue weighted by molar-refractivity contribution is 14.1. The number of aromatic nitrogens is 2. The monoisotopic (exact) mass is 457 g/mol. The van der Waals surface area contributed by atoms with E-state index in [1.54, 1.807) is 35.9 Å². The summed E-state index contributed by atoms with van der Waals surface area (Å²) < 4.78 is 2.21. The quantitative estimate of drug-likeness (QED) is 0.430. The van der Waals surface area contributed by atoms with E-state index >= 15 is 0 Å². The largest absolute Gasteiger partial charge is 0.321 e. The Morgan fingerprint density at radius 2 is 1.96 bits per heavy atom. The lowest BCUT2D eigenvalue weighted by Crippen LogP contribution is -2.12. The van der Waals surface area contributed by atoms with Gasteiger partial charge in [-0.2, -0.15) is 0 Å². The van der Waals surface area contributed by atoms with Gasteiger partial charge in [0.1, 0.15) is 5.01 Å². The molecule has 4 rings (SSSR count). The van der Waals surface area contributed by atoms with Gasteiger partial charge in [0.15, 0.2) is 0 Å². The molecule has 0 aliphatic heterocycles. The zero-order valence-electron chi connectivity index (χ0n) is 12.9. The summed E-state index contributed by atoms with van der Waals surface area (Å²) in [5.41, 5.74) is 3.15. The predicted octanol–water partition coefficient (Wildman–Crippen LogP) is 5.22. The van der Waals surface area contributed by atoms with Gasteiger partial charge < -0.3 is 5.32 Å². The fourth-order valence-electron chi connectivity index (χ4n) is 2.48. The number of nitrogens with one attached hydrogen (secondary N) is 1. The number of anilines is 1. The van der Waals surface area contributed by atoms with Crippen LogP contribution >= 0.6 is 33.9 Å². The van der Waals surface area contributed by atoms with Gasteiger partial charge in [0.05, 0.1) is 21.5 Å². The van der Waals surface area contributed by atoms with Gasteiger partial charge in [-0.15, -0.1) is 11.3 Å². The molecule has 0 unspecified atom stereocenters. The lowest BCUT2D eigenvalue weighted by molar-refractivity contribution is 0.102. The molecule has 4 aromatic rings. The van der Waals surface area contributed by atoms with Crippen molar-refractivity contribution in [1.82, 2.24) is 9.97 Å². The number of hydrogen-bond acceptors (Lipinski definition) is 4. The van der Waals surface area contributed by atoms with Crippen molar-refractivity contribution in [3.05, 3.63) is 76.1 Å². The molecule has 0 aliphatic rings. The lowest BCUT2D eigenvalue weighted by atomic mass is 10.1. The van der Waals surface area contributed by atoms with E-state index in [4.69, 9.17) is 4.98 Å². The molecule has 0 atom stereocenters. The first-order chi connectivity index (χ1) is 12.2. The van der Waals surface area contributed by atoms with Crippen molar-refractivity contribution < 1.29 is 4.79 Å². The van der Waals surface area contributed by atoms with Crippen molar-refractivity contribution in [3.8, 4) is 10.6 Å². The molecule has 0 spiro atoms. The number of nitrogens with zero attached hydrogens (tertiary/aromatic N) is 2. The maximum atomic E-state index is 12.5. The minimum Gasteiger partial charge on any atom is -0.321 e. The number of thiazole rings is 1. The van der Waals surface area contributed by atoms with Crippen LogP contribution < -0.4 is 5.32 Å². The summed E-state index contributed by atoms with van der Waals surface area (Å²) in [6.45, 7) is 0. The van der Waals surface area contributed by atoms with E-state index in [0.29, 0.717) is 5.56 Å². The Morgan fingerprint density at radius 1 is 1.08 bits per heavy atom. The SMILES string of the molecule is O=C(Nc1ccc(I)cc1-c1nc2ccccc2s1)c1cccnc1. The summed E-state index contributed by atoms with van der Waals surface area (Å²) in [7, 11) is 0. The zero-order valence-corrected chi connectivity index (χ0v) is 15.9. The number of fused-ring (bicyclic) bond motifs is 1. The van der Waals surface area contributed by atoms with Crippen LogP contribution in [0.15, 0.2) is 67.0 Å². The highest BCUT2D eigenvalue weighted by Crippen LogP contribution is 2.35. The van der Waals surface area contributed by atoms with Crippen LogP contribution in [0.25, 0.3) is 20.8 Å². The summed E-state index contributed by atoms with van der Waals surface area (Å²) in [5, 5.41) is 3.87. The molecule has 2 aromatic carbocycles. The van der Waals surface area contributed by atoms with Gasteiger partial charge in [0.25, 0.3) is 5.91 Å². The number of hydrogen-bond donors (Lipinski definition) is 1. The van der Waals surface area contributed by atoms with Gasteiger partial charge in [0.2, 0.25) is 0 Å². The van der Waals surface area contributed by atoms with E-state index in [0.717, 1.165) is 30.0 Å². The third kappa shape index (κ3) is 3.40. The molecule has 0 fully saturated rings. The molecule has 0 bridgehead atoms. The van der Waals surface area contributed by atoms with Gasteiger partial charge in [-0.05, 0) is 65.1 Å². The number of benzene rings is 2. The molecule has 2 aromatic heterocycles. The second-order valence-corrected chi connectivity index (χ2v) is 7.65. The molecule has 2 heterocycles. The lowest BCUT2D eigenvalue weighted by Gasteiger charge is -2.10. The smallest absolute Gasteiger partial charge is 0.257 e. The highest BCUT2D eigenvalue weighted by Gasteiger charge is 2.14. The number of carbonyl (C=O) groups excluding carboxylic acids is 1. The van der Waals surface area contributed by atoms with E-state index in [9.17, 15) is 4.79 Å². The molecular formula is C19H12IN3OS. The van der Waals surface area contributed by atoms with Crippen LogP contribution in [-0.2, 0) is 0 Å². The minimum absolute atomic E-state index is 0.184. The average molecular weight is 457 g/mol. The Balaban J connectivity index is 1.75. The summed E-state index contributed by atoms with van der Waals surface area (Å²) in [5.74, 6) is -0.184. The predicted molar refractivity (Wildman–Crippen MR) is 110 cm³/mol. The number of rotatable bonds is 3. The summed E-state index contributed by atoms with van der Waals surface area (Å²) in [6, 6.07) is 17.4. The molecule has 0 saturated heterocycles. The van der Waals surface area contributed by atoms with Crippen LogP contribution in [0.5, 0.6) is 0 Å². The zero-order chi connectivity index (χ0) is 17.2. The molecular weight excluding hydrogens is 445 g/mol. The fraction of sp³-hybridized carbons (Fsp3) is 0. The standard InChI is InChI=1S/C19H12IN3OS/c20-13-7-8-15(22-18(24)12-4-3-9-21-11-12)14(10-13)19-23-16-5-1-2-6-17(16)25-19/h1-11H,(H,22,24). The maximum absolute atomic E-state index is 12.5. The van der Waals surface area contributed by atoms with E-state index < -0.39 is 0 Å². The van der Waals surface area contributed by atoms with Crippen molar-refractivity contribution in [2.45, 2.75) is 0 Å². The van der Waals surface area contributed by atoms with Crippen molar-refractivity contribution >= 4 is 55.7 Å². The van der Waals surface area contributed by atoms with Gasteiger partial charge in [0, 0.05) is 21.5 Å². The van der Waals surface area contributed by atoms with Crippen LogP contribution in [0, 0.1) is 3.57 Å². The number of halogens is 1. The Bertz CT molecular complexity index is 1030. The van der Waals surface area contributed by atoms with Crippen molar-refractivity contribution in [3.63, 3.8) is 0 Å². The molecule has 0 saturated carbocycles. The first-order valence-electron chi connectivity index (χ1n) is 7.57. The molecule has 122 valence electrons. The van der Waals surface area contributed by atoms with E-state index in [1.165, 1.54) is 0 Å². The number of carbonyl (C=O) groups is 1. The first-order valence-corrected chi connectivity index (χ1v) is 9.47. The molecule has 25 heavy (non-hydrogen) atoms. The average Bonchev–Trinajstić information content (AvgIpc) is 3.08. The fourth-order valence-corrected chi connectivity index (χ4v) is 3.97.